The van der Waals surface area contributed by atoms with E-state index >= 15 is 0 Å². The highest BCUT2D eigenvalue weighted by Crippen LogP contribution is 1.90. The van der Waals surface area contributed by atoms with E-state index in [-0.39, 0.29) is 5.91 Å². The van der Waals surface area contributed by atoms with Crippen molar-refractivity contribution in [3.05, 3.63) is 0 Å². The number of nitrogens with one attached hydrogen (secondary N) is 1. The van der Waals surface area contributed by atoms with Crippen LogP contribution in [0.4, 0.5) is 0 Å². The fourth-order valence-corrected chi connectivity index (χ4v) is 0.883. The lowest BCUT2D eigenvalue weighted by Crippen LogP contribution is -2.20. The first-order chi connectivity index (χ1) is 5.63. The van der Waals surface area contributed by atoms with Gasteiger partial charge in [-0.2, -0.15) is 0 Å². The Morgan fingerprint density at radius 1 is 1.42 bits per heavy atom. The summed E-state index contributed by atoms with van der Waals surface area (Å²) in [6.45, 7) is 2.35. The number of hydrogen-bond acceptors (Lipinski definition) is 1. The van der Waals surface area contributed by atoms with Crippen LogP contribution in [-0.4, -0.2) is 37.3 Å². The van der Waals surface area contributed by atoms with Gasteiger partial charge in [-0.05, 0) is 12.8 Å². The molecular formula is C9H19N2O+. The van der Waals surface area contributed by atoms with Gasteiger partial charge in [0.05, 0.1) is 0 Å². The van der Waals surface area contributed by atoms with Gasteiger partial charge < -0.3 is 5.32 Å². The second kappa shape index (κ2) is 6.83. The van der Waals surface area contributed by atoms with Crippen molar-refractivity contribution in [3.63, 3.8) is 0 Å². The molecule has 0 aliphatic heterocycles. The average molecular weight is 176 g/mol. The van der Waals surface area contributed by atoms with E-state index in [1.807, 2.05) is 14.1 Å². The summed E-state index contributed by atoms with van der Waals surface area (Å²) >= 11 is 0. The zero-order valence-corrected chi connectivity index (χ0v) is 8.26. The molecule has 3 nitrogen and oxygen atoms in total. The Bertz CT molecular complexity index is 160. The number of hydrogen-bond donors (Lipinski definition) is 1. The Kier molecular flexibility index (Phi) is 6.34. The van der Waals surface area contributed by atoms with Crippen LogP contribution in [0.3, 0.4) is 0 Å². The molecule has 0 aliphatic rings. The third-order valence-electron chi connectivity index (χ3n) is 1.50. The minimum Gasteiger partial charge on any atom is -0.356 e. The molecule has 0 aromatic carbocycles. The Balaban J connectivity index is 3.11. The Labute approximate surface area is 74.5 Å². The molecule has 0 heterocycles. The van der Waals surface area contributed by atoms with Crippen LogP contribution in [0.2, 0.25) is 0 Å². The highest BCUT2D eigenvalue weighted by atomic mass is 16.1. The van der Waals surface area contributed by atoms with Crippen molar-refractivity contribution in [3.8, 4) is 0 Å². The van der Waals surface area contributed by atoms with Crippen molar-refractivity contribution in [1.82, 2.24) is 5.32 Å². The molecule has 0 spiro atoms. The molecule has 1 amide bonds. The molecule has 0 aromatic heterocycles. The van der Waals surface area contributed by atoms with Crippen LogP contribution in [0.1, 0.15) is 26.2 Å². The van der Waals surface area contributed by atoms with E-state index in [2.05, 4.69) is 16.1 Å². The van der Waals surface area contributed by atoms with E-state index in [1.165, 1.54) is 0 Å². The predicted octanol–water partition coefficient (Wildman–Crippen LogP) is 0.636. The smallest absolute Gasteiger partial charge is 0.216 e. The molecule has 12 heavy (non-hydrogen) atoms. The van der Waals surface area contributed by atoms with E-state index in [0.29, 0.717) is 0 Å². The van der Waals surface area contributed by atoms with Crippen LogP contribution in [-0.2, 0) is 4.79 Å². The van der Waals surface area contributed by atoms with Gasteiger partial charge >= 0.3 is 0 Å². The van der Waals surface area contributed by atoms with E-state index in [9.17, 15) is 4.79 Å². The molecule has 0 fully saturated rings. The van der Waals surface area contributed by atoms with Crippen LogP contribution in [0.5, 0.6) is 0 Å². The van der Waals surface area contributed by atoms with Gasteiger partial charge in [0.25, 0.3) is 0 Å². The quantitative estimate of drug-likeness (QED) is 0.283. The van der Waals surface area contributed by atoms with Crippen LogP contribution >= 0.6 is 0 Å². The van der Waals surface area contributed by atoms with Crippen LogP contribution in [0, 0.1) is 0 Å². The number of carbonyl (C=O) groups is 1. The van der Waals surface area contributed by atoms with E-state index in [0.717, 1.165) is 25.8 Å². The van der Waals surface area contributed by atoms with Crippen molar-refractivity contribution in [2.24, 2.45) is 0 Å². The summed E-state index contributed by atoms with van der Waals surface area (Å²) in [6, 6.07) is 0. The molecule has 70 valence electrons. The first-order valence-electron chi connectivity index (χ1n) is 4.37. The van der Waals surface area contributed by atoms with E-state index in [1.54, 1.807) is 6.92 Å². The zero-order valence-electron chi connectivity index (χ0n) is 8.26. The maximum atomic E-state index is 10.5. The van der Waals surface area contributed by atoms with Gasteiger partial charge in [-0.15, -0.1) is 0 Å². The maximum absolute atomic E-state index is 10.5. The van der Waals surface area contributed by atoms with Crippen molar-refractivity contribution in [2.75, 3.05) is 20.6 Å². The largest absolute Gasteiger partial charge is 0.356 e. The number of carbonyl (C=O) groups excluding carboxylic acids is 1. The second-order valence-electron chi connectivity index (χ2n) is 3.12. The summed E-state index contributed by atoms with van der Waals surface area (Å²) in [5, 5.41) is 2.77. The first-order valence-corrected chi connectivity index (χ1v) is 4.37. The van der Waals surface area contributed by atoms with Crippen molar-refractivity contribution < 1.29 is 9.37 Å². The molecule has 0 aromatic rings. The lowest BCUT2D eigenvalue weighted by atomic mass is 10.7. The fraction of sp³-hybridized carbons (Fsp3) is 0.778. The van der Waals surface area contributed by atoms with Gasteiger partial charge in [-0.1, -0.05) is 0 Å². The van der Waals surface area contributed by atoms with Gasteiger partial charge in [0, 0.05) is 19.9 Å². The zero-order chi connectivity index (χ0) is 9.40. The predicted molar refractivity (Wildman–Crippen MR) is 50.7 cm³/mol. The van der Waals surface area contributed by atoms with E-state index in [4.69, 9.17) is 0 Å². The van der Waals surface area contributed by atoms with Crippen LogP contribution in [0.15, 0.2) is 0 Å². The molecule has 0 bridgehead atoms. The molecule has 0 aliphatic carbocycles. The van der Waals surface area contributed by atoms with Crippen LogP contribution in [0.25, 0.3) is 0 Å². The van der Waals surface area contributed by atoms with E-state index < -0.39 is 0 Å². The topological polar surface area (TPSA) is 32.1 Å². The van der Waals surface area contributed by atoms with Crippen molar-refractivity contribution in [1.29, 1.82) is 0 Å². The summed E-state index contributed by atoms with van der Waals surface area (Å²) in [5.41, 5.74) is 0. The van der Waals surface area contributed by atoms with Crippen molar-refractivity contribution >= 4 is 12.1 Å². The minimum absolute atomic E-state index is 0.0617. The van der Waals surface area contributed by atoms with Crippen LogP contribution < -0.4 is 5.32 Å². The summed E-state index contributed by atoms with van der Waals surface area (Å²) in [7, 11) is 4.04. The molecular weight excluding hydrogens is 157 g/mol. The second-order valence-corrected chi connectivity index (χ2v) is 3.12. The number of nitrogens with zero attached hydrogens (tertiary/aromatic N) is 1. The highest BCUT2D eigenvalue weighted by Gasteiger charge is 1.91. The summed E-state index contributed by atoms with van der Waals surface area (Å²) in [6.07, 6.45) is 5.43. The monoisotopic (exact) mass is 176 g/mol. The molecule has 0 unspecified atom stereocenters. The van der Waals surface area contributed by atoms with Gasteiger partial charge in [-0.25, -0.2) is 4.58 Å². The molecule has 0 rings (SSSR count). The summed E-state index contributed by atoms with van der Waals surface area (Å²) in [4.78, 5) is 10.5. The molecule has 0 atom stereocenters. The summed E-state index contributed by atoms with van der Waals surface area (Å²) < 4.78 is 2.05. The minimum atomic E-state index is 0.0617. The Morgan fingerprint density at radius 3 is 2.58 bits per heavy atom. The highest BCUT2D eigenvalue weighted by molar-refractivity contribution is 5.72. The standard InChI is InChI=1S/C9H18N2O/c1-9(12)10-7-5-4-6-8-11(2)3/h8H,4-7H2,1-3H3/p+1/i4+1,5+1,6+1,7+1,8+1. The fourth-order valence-electron chi connectivity index (χ4n) is 0.883. The lowest BCUT2D eigenvalue weighted by molar-refractivity contribution is -0.460. The number of unbranched alkanes of at least 4 members (excludes halogenated alkanes) is 2. The number of rotatable bonds is 5. The molecule has 3 heteroatoms. The van der Waals surface area contributed by atoms with Gasteiger partial charge in [0.15, 0.2) is 0 Å². The maximum Gasteiger partial charge on any atom is 0.216 e. The third kappa shape index (κ3) is 9.14. The van der Waals surface area contributed by atoms with Gasteiger partial charge in [-0.3, -0.25) is 4.79 Å². The molecule has 0 radical (unpaired) electrons. The number of amides is 1. The molecule has 1 N–H and O–H groups in total. The third-order valence-corrected chi connectivity index (χ3v) is 1.50. The normalized spacial score (nSPS) is 9.25. The lowest BCUT2D eigenvalue weighted by Gasteiger charge is -1.98. The summed E-state index contributed by atoms with van der Waals surface area (Å²) in [5.74, 6) is 0.0617. The average Bonchev–Trinajstić information content (AvgIpc) is 1.95. The Morgan fingerprint density at radius 2 is 2.08 bits per heavy atom. The van der Waals surface area contributed by atoms with Gasteiger partial charge in [0.1, 0.15) is 20.3 Å². The molecule has 0 saturated carbocycles. The van der Waals surface area contributed by atoms with Gasteiger partial charge in [0.2, 0.25) is 5.91 Å². The SMILES string of the molecule is CC(=O)N[13CH2][13CH2][13CH2][13CH2][13CH]=[N+](C)C. The first kappa shape index (κ1) is 11.1. The molecule has 0 saturated heterocycles. The van der Waals surface area contributed by atoms with Crippen molar-refractivity contribution in [2.45, 2.75) is 26.2 Å². The Hall–Kier alpha value is -0.860.